The fraction of sp³-hybridized carbons (Fsp3) is 0.500. The Morgan fingerprint density at radius 2 is 2.22 bits per heavy atom. The third-order valence-electron chi connectivity index (χ3n) is 3.20. The van der Waals surface area contributed by atoms with E-state index < -0.39 is 5.60 Å². The van der Waals surface area contributed by atoms with Crippen LogP contribution in [-0.4, -0.2) is 30.3 Å². The van der Waals surface area contributed by atoms with Crippen molar-refractivity contribution >= 4 is 5.91 Å². The third kappa shape index (κ3) is 3.31. The molecule has 2 rings (SSSR count). The first-order chi connectivity index (χ1) is 8.58. The Bertz CT molecular complexity index is 397. The van der Waals surface area contributed by atoms with E-state index in [1.54, 1.807) is 6.92 Å². The third-order valence-corrected chi connectivity index (χ3v) is 3.20. The lowest BCUT2D eigenvalue weighted by atomic mass is 9.92. The number of hydrogen-bond acceptors (Lipinski definition) is 3. The van der Waals surface area contributed by atoms with E-state index in [-0.39, 0.29) is 18.4 Å². The zero-order valence-electron chi connectivity index (χ0n) is 10.6. The maximum Gasteiger partial charge on any atom is 0.223 e. The second-order valence-corrected chi connectivity index (χ2v) is 4.94. The standard InChI is InChI=1S/C14H19NO3/c1-14(17,11-5-3-2-4-6-11)9-13(16)15-12-7-8-18-10-12/h2-6,12,17H,7-10H2,1H3,(H,15,16). The maximum absolute atomic E-state index is 11.9. The molecule has 1 heterocycles. The number of amides is 1. The van der Waals surface area contributed by atoms with Crippen LogP contribution in [0.2, 0.25) is 0 Å². The van der Waals surface area contributed by atoms with Crippen LogP contribution >= 0.6 is 0 Å². The molecular formula is C14H19NO3. The van der Waals surface area contributed by atoms with Crippen molar-refractivity contribution in [3.63, 3.8) is 0 Å². The fourth-order valence-electron chi connectivity index (χ4n) is 2.14. The van der Waals surface area contributed by atoms with E-state index in [1.165, 1.54) is 0 Å². The van der Waals surface area contributed by atoms with Crippen molar-refractivity contribution in [2.45, 2.75) is 31.4 Å². The van der Waals surface area contributed by atoms with Gasteiger partial charge in [-0.05, 0) is 18.9 Å². The maximum atomic E-state index is 11.9. The molecule has 1 aromatic rings. The van der Waals surface area contributed by atoms with Crippen molar-refractivity contribution in [3.05, 3.63) is 35.9 Å². The second-order valence-electron chi connectivity index (χ2n) is 4.94. The van der Waals surface area contributed by atoms with Gasteiger partial charge in [0.1, 0.15) is 0 Å². The van der Waals surface area contributed by atoms with Gasteiger partial charge in [0, 0.05) is 6.61 Å². The Hall–Kier alpha value is -1.39. The Morgan fingerprint density at radius 3 is 2.83 bits per heavy atom. The molecular weight excluding hydrogens is 230 g/mol. The lowest BCUT2D eigenvalue weighted by Crippen LogP contribution is -2.39. The SMILES string of the molecule is CC(O)(CC(=O)NC1CCOC1)c1ccccc1. The van der Waals surface area contributed by atoms with Crippen LogP contribution in [0.25, 0.3) is 0 Å². The van der Waals surface area contributed by atoms with E-state index in [0.29, 0.717) is 13.2 Å². The molecule has 4 nitrogen and oxygen atoms in total. The summed E-state index contributed by atoms with van der Waals surface area (Å²) in [6, 6.07) is 9.33. The van der Waals surface area contributed by atoms with Gasteiger partial charge in [0.05, 0.1) is 24.7 Å². The highest BCUT2D eigenvalue weighted by Gasteiger charge is 2.28. The van der Waals surface area contributed by atoms with E-state index in [4.69, 9.17) is 4.74 Å². The Kier molecular flexibility index (Phi) is 3.99. The van der Waals surface area contributed by atoms with E-state index >= 15 is 0 Å². The summed E-state index contributed by atoms with van der Waals surface area (Å²) in [6.07, 6.45) is 0.909. The summed E-state index contributed by atoms with van der Waals surface area (Å²) in [7, 11) is 0. The molecule has 2 atom stereocenters. The van der Waals surface area contributed by atoms with Crippen molar-refractivity contribution in [2.24, 2.45) is 0 Å². The van der Waals surface area contributed by atoms with E-state index in [9.17, 15) is 9.90 Å². The van der Waals surface area contributed by atoms with Gasteiger partial charge in [0.15, 0.2) is 0 Å². The van der Waals surface area contributed by atoms with Crippen LogP contribution < -0.4 is 5.32 Å². The van der Waals surface area contributed by atoms with Gasteiger partial charge in [-0.3, -0.25) is 4.79 Å². The molecule has 98 valence electrons. The van der Waals surface area contributed by atoms with E-state index in [2.05, 4.69) is 5.32 Å². The van der Waals surface area contributed by atoms with Crippen LogP contribution in [0.5, 0.6) is 0 Å². The van der Waals surface area contributed by atoms with Gasteiger partial charge in [0.2, 0.25) is 5.91 Å². The topological polar surface area (TPSA) is 58.6 Å². The Labute approximate surface area is 107 Å². The molecule has 0 aromatic heterocycles. The molecule has 2 unspecified atom stereocenters. The minimum absolute atomic E-state index is 0.0630. The molecule has 0 aliphatic carbocycles. The average Bonchev–Trinajstić information content (AvgIpc) is 2.82. The van der Waals surface area contributed by atoms with Gasteiger partial charge < -0.3 is 15.2 Å². The van der Waals surface area contributed by atoms with Gasteiger partial charge in [0.25, 0.3) is 0 Å². The van der Waals surface area contributed by atoms with Gasteiger partial charge in [-0.2, -0.15) is 0 Å². The van der Waals surface area contributed by atoms with Crippen molar-refractivity contribution in [1.82, 2.24) is 5.32 Å². The number of aliphatic hydroxyl groups is 1. The first-order valence-electron chi connectivity index (χ1n) is 6.23. The van der Waals surface area contributed by atoms with Crippen molar-refractivity contribution in [3.8, 4) is 0 Å². The van der Waals surface area contributed by atoms with Crippen molar-refractivity contribution in [1.29, 1.82) is 0 Å². The highest BCUT2D eigenvalue weighted by Crippen LogP contribution is 2.24. The zero-order chi connectivity index (χ0) is 13.0. The summed E-state index contributed by atoms with van der Waals surface area (Å²) in [5.41, 5.74) is -0.382. The number of carbonyl (C=O) groups is 1. The van der Waals surface area contributed by atoms with E-state index in [0.717, 1.165) is 12.0 Å². The minimum atomic E-state index is -1.13. The number of nitrogens with one attached hydrogen (secondary N) is 1. The van der Waals surface area contributed by atoms with Gasteiger partial charge in [-0.1, -0.05) is 30.3 Å². The number of hydrogen-bond donors (Lipinski definition) is 2. The van der Waals surface area contributed by atoms with Gasteiger partial charge in [-0.25, -0.2) is 0 Å². The molecule has 0 bridgehead atoms. The average molecular weight is 249 g/mol. The molecule has 2 N–H and O–H groups in total. The first kappa shape index (κ1) is 13.1. The van der Waals surface area contributed by atoms with Gasteiger partial charge >= 0.3 is 0 Å². The molecule has 0 spiro atoms. The Morgan fingerprint density at radius 1 is 1.50 bits per heavy atom. The Balaban J connectivity index is 1.93. The van der Waals surface area contributed by atoms with Gasteiger partial charge in [-0.15, -0.1) is 0 Å². The summed E-state index contributed by atoms with van der Waals surface area (Å²) in [4.78, 5) is 11.9. The van der Waals surface area contributed by atoms with Crippen LogP contribution in [0.1, 0.15) is 25.3 Å². The molecule has 0 radical (unpaired) electrons. The molecule has 1 saturated heterocycles. The zero-order valence-corrected chi connectivity index (χ0v) is 10.6. The van der Waals surface area contributed by atoms with Crippen LogP contribution in [-0.2, 0) is 15.1 Å². The molecule has 4 heteroatoms. The lowest BCUT2D eigenvalue weighted by Gasteiger charge is -2.24. The highest BCUT2D eigenvalue weighted by molar-refractivity contribution is 5.77. The summed E-state index contributed by atoms with van der Waals surface area (Å²) in [6.45, 7) is 2.92. The highest BCUT2D eigenvalue weighted by atomic mass is 16.5. The monoisotopic (exact) mass is 249 g/mol. The van der Waals surface area contributed by atoms with Crippen LogP contribution in [0.3, 0.4) is 0 Å². The molecule has 1 aliphatic heterocycles. The normalized spacial score (nSPS) is 22.4. The summed E-state index contributed by atoms with van der Waals surface area (Å²) in [5, 5.41) is 13.2. The summed E-state index contributed by atoms with van der Waals surface area (Å²) in [5.74, 6) is -0.139. The fourth-order valence-corrected chi connectivity index (χ4v) is 2.14. The molecule has 1 aromatic carbocycles. The smallest absolute Gasteiger partial charge is 0.223 e. The number of benzene rings is 1. The predicted molar refractivity (Wildman–Crippen MR) is 68.0 cm³/mol. The molecule has 1 amide bonds. The largest absolute Gasteiger partial charge is 0.385 e. The van der Waals surface area contributed by atoms with Crippen LogP contribution in [0, 0.1) is 0 Å². The first-order valence-corrected chi connectivity index (χ1v) is 6.23. The second kappa shape index (κ2) is 5.50. The molecule has 0 saturated carbocycles. The van der Waals surface area contributed by atoms with Crippen molar-refractivity contribution in [2.75, 3.05) is 13.2 Å². The number of carbonyl (C=O) groups excluding carboxylic acids is 1. The van der Waals surface area contributed by atoms with Crippen molar-refractivity contribution < 1.29 is 14.6 Å². The quantitative estimate of drug-likeness (QED) is 0.842. The predicted octanol–water partition coefficient (Wildman–Crippen LogP) is 1.19. The minimum Gasteiger partial charge on any atom is -0.385 e. The summed E-state index contributed by atoms with van der Waals surface area (Å²) >= 11 is 0. The van der Waals surface area contributed by atoms with Crippen LogP contribution in [0.4, 0.5) is 0 Å². The van der Waals surface area contributed by atoms with E-state index in [1.807, 2.05) is 30.3 Å². The number of rotatable bonds is 4. The molecule has 1 fully saturated rings. The molecule has 18 heavy (non-hydrogen) atoms. The number of ether oxygens (including phenoxy) is 1. The van der Waals surface area contributed by atoms with Crippen LogP contribution in [0.15, 0.2) is 30.3 Å². The lowest BCUT2D eigenvalue weighted by molar-refractivity contribution is -0.126. The summed E-state index contributed by atoms with van der Waals surface area (Å²) < 4.78 is 5.20. The molecule has 1 aliphatic rings.